The molecule has 0 saturated carbocycles. The molecule has 1 aromatic rings. The van der Waals surface area contributed by atoms with E-state index < -0.39 is 47.9 Å². The summed E-state index contributed by atoms with van der Waals surface area (Å²) in [4.78, 5) is 51.1. The first-order valence-electron chi connectivity index (χ1n) is 13.9. The molecule has 0 heterocycles. The fourth-order valence-corrected chi connectivity index (χ4v) is 4.05. The number of nitrogens with one attached hydrogen (secondary N) is 3. The van der Waals surface area contributed by atoms with Gasteiger partial charge < -0.3 is 49.1 Å². The number of hydrogen-bond donors (Lipinski definition) is 9. The van der Waals surface area contributed by atoms with Gasteiger partial charge in [-0.25, -0.2) is 4.79 Å². The first kappa shape index (κ1) is 34.8. The monoisotopic (exact) mass is 565 g/mol. The minimum absolute atomic E-state index is 0.0229. The Labute approximate surface area is 235 Å². The molecule has 0 aliphatic carbocycles. The second-order valence-corrected chi connectivity index (χ2v) is 9.85. The van der Waals surface area contributed by atoms with Crippen molar-refractivity contribution in [2.24, 2.45) is 22.9 Å². The fourth-order valence-electron chi connectivity index (χ4n) is 4.05. The summed E-state index contributed by atoms with van der Waals surface area (Å²) in [6, 6.07) is 1.97. The Morgan fingerprint density at radius 2 is 1.10 bits per heavy atom. The van der Waals surface area contributed by atoms with Crippen LogP contribution in [0.2, 0.25) is 0 Å². The van der Waals surface area contributed by atoms with Crippen LogP contribution in [0, 0.1) is 0 Å². The number of unbranched alkanes of at least 4 members (excludes halogenated alkanes) is 3. The van der Waals surface area contributed by atoms with Crippen molar-refractivity contribution >= 4 is 23.7 Å². The van der Waals surface area contributed by atoms with Gasteiger partial charge in [-0.15, -0.1) is 0 Å². The van der Waals surface area contributed by atoms with Crippen LogP contribution in [-0.4, -0.2) is 77.7 Å². The molecule has 13 nitrogen and oxygen atoms in total. The van der Waals surface area contributed by atoms with E-state index in [4.69, 9.17) is 22.9 Å². The highest BCUT2D eigenvalue weighted by atomic mass is 16.4. The number of carboxylic acid groups (broad SMARTS) is 1. The molecule has 226 valence electrons. The Morgan fingerprint density at radius 3 is 1.62 bits per heavy atom. The molecule has 0 bridgehead atoms. The Morgan fingerprint density at radius 1 is 0.650 bits per heavy atom. The maximum atomic E-state index is 13.4. The Hall–Kier alpha value is -3.26. The SMILES string of the molecule is NCCCCC(N)C(=O)NC(CCCCN)C(=O)NC(Cc1ccc(O)cc1)C(=O)NC(CCCCN)C(=O)O. The van der Waals surface area contributed by atoms with Gasteiger partial charge >= 0.3 is 5.97 Å². The lowest BCUT2D eigenvalue weighted by molar-refractivity contribution is -0.142. The number of hydrogen-bond acceptors (Lipinski definition) is 9. The molecule has 0 spiro atoms. The lowest BCUT2D eigenvalue weighted by atomic mass is 10.0. The number of carbonyl (C=O) groups excluding carboxylic acids is 3. The molecular weight excluding hydrogens is 518 g/mol. The predicted octanol–water partition coefficient (Wildman–Crippen LogP) is -0.812. The zero-order valence-electron chi connectivity index (χ0n) is 23.1. The normalized spacial score (nSPS) is 14.0. The molecule has 4 atom stereocenters. The molecule has 4 unspecified atom stereocenters. The van der Waals surface area contributed by atoms with Gasteiger partial charge in [-0.2, -0.15) is 0 Å². The van der Waals surface area contributed by atoms with Crippen LogP contribution >= 0.6 is 0 Å². The summed E-state index contributed by atoms with van der Waals surface area (Å²) >= 11 is 0. The molecule has 0 fully saturated rings. The summed E-state index contributed by atoms with van der Waals surface area (Å²) in [5.41, 5.74) is 23.2. The molecule has 3 amide bonds. The standard InChI is InChI=1S/C27H47N7O6/c28-14-4-1-7-20(31)24(36)32-21(8-2-5-15-29)25(37)34-23(17-18-10-12-19(35)13-11-18)26(38)33-22(27(39)40)9-3-6-16-30/h10-13,20-23,35H,1-9,14-17,28-31H2,(H,32,36)(H,33,38)(H,34,37)(H,39,40). The molecule has 1 aromatic carbocycles. The number of phenolic OH excluding ortho intramolecular Hbond substituents is 1. The van der Waals surface area contributed by atoms with Crippen LogP contribution in [0.3, 0.4) is 0 Å². The molecule has 40 heavy (non-hydrogen) atoms. The van der Waals surface area contributed by atoms with Gasteiger partial charge in [0.25, 0.3) is 0 Å². The van der Waals surface area contributed by atoms with Gasteiger partial charge in [-0.1, -0.05) is 18.6 Å². The summed E-state index contributed by atoms with van der Waals surface area (Å²) in [7, 11) is 0. The maximum absolute atomic E-state index is 13.4. The predicted molar refractivity (Wildman–Crippen MR) is 152 cm³/mol. The van der Waals surface area contributed by atoms with E-state index in [2.05, 4.69) is 16.0 Å². The molecule has 0 aliphatic heterocycles. The van der Waals surface area contributed by atoms with Crippen molar-refractivity contribution in [2.75, 3.05) is 19.6 Å². The minimum Gasteiger partial charge on any atom is -0.508 e. The van der Waals surface area contributed by atoms with E-state index in [1.165, 1.54) is 12.1 Å². The maximum Gasteiger partial charge on any atom is 0.326 e. The van der Waals surface area contributed by atoms with E-state index in [0.717, 1.165) is 6.42 Å². The molecule has 13 N–H and O–H groups in total. The molecule has 13 heteroatoms. The molecular formula is C27H47N7O6. The number of benzene rings is 1. The number of nitrogens with two attached hydrogens (primary N) is 4. The molecule has 1 rings (SSSR count). The zero-order valence-corrected chi connectivity index (χ0v) is 23.1. The first-order chi connectivity index (χ1) is 19.1. The van der Waals surface area contributed by atoms with Crippen LogP contribution in [0.15, 0.2) is 24.3 Å². The van der Waals surface area contributed by atoms with Gasteiger partial charge in [0.05, 0.1) is 6.04 Å². The highest BCUT2D eigenvalue weighted by molar-refractivity contribution is 5.94. The van der Waals surface area contributed by atoms with Crippen LogP contribution < -0.4 is 38.9 Å². The Bertz CT molecular complexity index is 915. The third-order valence-electron chi connectivity index (χ3n) is 6.46. The number of rotatable bonds is 21. The lowest BCUT2D eigenvalue weighted by Crippen LogP contribution is -2.57. The van der Waals surface area contributed by atoms with E-state index in [0.29, 0.717) is 63.7 Å². The van der Waals surface area contributed by atoms with E-state index in [1.54, 1.807) is 12.1 Å². The zero-order chi connectivity index (χ0) is 29.9. The van der Waals surface area contributed by atoms with Gasteiger partial charge in [-0.05, 0) is 88.7 Å². The van der Waals surface area contributed by atoms with E-state index in [1.807, 2.05) is 0 Å². The Kier molecular flexibility index (Phi) is 17.2. The van der Waals surface area contributed by atoms with Crippen LogP contribution in [0.25, 0.3) is 0 Å². The van der Waals surface area contributed by atoms with E-state index in [9.17, 15) is 29.4 Å². The van der Waals surface area contributed by atoms with Crippen molar-refractivity contribution in [3.63, 3.8) is 0 Å². The van der Waals surface area contributed by atoms with E-state index in [-0.39, 0.29) is 25.0 Å². The van der Waals surface area contributed by atoms with Gasteiger partial charge in [-0.3, -0.25) is 14.4 Å². The molecule has 0 radical (unpaired) electrons. The first-order valence-corrected chi connectivity index (χ1v) is 13.9. The average molecular weight is 566 g/mol. The number of phenols is 1. The van der Waals surface area contributed by atoms with Crippen molar-refractivity contribution in [1.82, 2.24) is 16.0 Å². The quantitative estimate of drug-likeness (QED) is 0.0838. The number of carbonyl (C=O) groups is 4. The van der Waals surface area contributed by atoms with Crippen molar-refractivity contribution in [1.29, 1.82) is 0 Å². The number of carboxylic acids is 1. The van der Waals surface area contributed by atoms with Crippen molar-refractivity contribution in [3.05, 3.63) is 29.8 Å². The van der Waals surface area contributed by atoms with Gasteiger partial charge in [0.15, 0.2) is 0 Å². The van der Waals surface area contributed by atoms with Crippen molar-refractivity contribution in [3.8, 4) is 5.75 Å². The van der Waals surface area contributed by atoms with Crippen LogP contribution in [0.4, 0.5) is 0 Å². The summed E-state index contributed by atoms with van der Waals surface area (Å²) in [6.45, 7) is 1.29. The summed E-state index contributed by atoms with van der Waals surface area (Å²) in [5, 5.41) is 27.1. The third-order valence-corrected chi connectivity index (χ3v) is 6.46. The van der Waals surface area contributed by atoms with Gasteiger partial charge in [0.1, 0.15) is 23.9 Å². The third kappa shape index (κ3) is 13.7. The van der Waals surface area contributed by atoms with Crippen LogP contribution in [0.5, 0.6) is 5.75 Å². The fraction of sp³-hybridized carbons (Fsp3) is 0.630. The number of aliphatic carboxylic acids is 1. The second-order valence-electron chi connectivity index (χ2n) is 9.85. The Balaban J connectivity index is 3.09. The van der Waals surface area contributed by atoms with Crippen LogP contribution in [0.1, 0.15) is 63.4 Å². The topological polar surface area (TPSA) is 249 Å². The van der Waals surface area contributed by atoms with Gasteiger partial charge in [0, 0.05) is 6.42 Å². The summed E-state index contributed by atoms with van der Waals surface area (Å²) in [5.74, 6) is -2.95. The highest BCUT2D eigenvalue weighted by Gasteiger charge is 2.30. The number of aromatic hydroxyl groups is 1. The smallest absolute Gasteiger partial charge is 0.326 e. The highest BCUT2D eigenvalue weighted by Crippen LogP contribution is 2.13. The summed E-state index contributed by atoms with van der Waals surface area (Å²) in [6.07, 6.45) is 4.56. The lowest BCUT2D eigenvalue weighted by Gasteiger charge is -2.25. The molecule has 0 aromatic heterocycles. The minimum atomic E-state index is -1.20. The van der Waals surface area contributed by atoms with Crippen molar-refractivity contribution < 1.29 is 29.4 Å². The van der Waals surface area contributed by atoms with E-state index >= 15 is 0 Å². The molecule has 0 aliphatic rings. The summed E-state index contributed by atoms with van der Waals surface area (Å²) < 4.78 is 0. The largest absolute Gasteiger partial charge is 0.508 e. The van der Waals surface area contributed by atoms with Gasteiger partial charge in [0.2, 0.25) is 17.7 Å². The van der Waals surface area contributed by atoms with Crippen molar-refractivity contribution in [2.45, 2.75) is 88.4 Å². The second kappa shape index (κ2) is 19.7. The number of amides is 3. The van der Waals surface area contributed by atoms with Crippen LogP contribution in [-0.2, 0) is 25.6 Å². The average Bonchev–Trinajstić information content (AvgIpc) is 2.92. The molecule has 0 saturated heterocycles.